The molecule has 7 heteroatoms. The molecule has 2 amide bonds. The second-order valence-electron chi connectivity index (χ2n) is 6.22. The van der Waals surface area contributed by atoms with Gasteiger partial charge in [-0.2, -0.15) is 0 Å². The van der Waals surface area contributed by atoms with E-state index in [1.54, 1.807) is 0 Å². The van der Waals surface area contributed by atoms with E-state index < -0.39 is 0 Å². The van der Waals surface area contributed by atoms with Gasteiger partial charge < -0.3 is 20.3 Å². The first-order chi connectivity index (χ1) is 10.0. The Morgan fingerprint density at radius 2 is 1.77 bits per heavy atom. The van der Waals surface area contributed by atoms with Crippen LogP contribution in [0.25, 0.3) is 0 Å². The Morgan fingerprint density at radius 1 is 1.14 bits per heavy atom. The highest BCUT2D eigenvalue weighted by atomic mass is 35.5. The molecule has 2 heterocycles. The number of halogens is 1. The van der Waals surface area contributed by atoms with Gasteiger partial charge in [0.2, 0.25) is 5.91 Å². The topological polar surface area (TPSA) is 75.9 Å². The molecule has 2 rings (SSSR count). The number of ether oxygens (including phenoxy) is 1. The maximum absolute atomic E-state index is 12.5. The molecule has 0 saturated carbocycles. The van der Waals surface area contributed by atoms with Crippen molar-refractivity contribution >= 4 is 24.2 Å². The third-order valence-corrected chi connectivity index (χ3v) is 4.26. The molecule has 6 nitrogen and oxygen atoms in total. The number of nitrogens with two attached hydrogens (primary N) is 1. The third kappa shape index (κ3) is 4.57. The number of hydrogen-bond donors (Lipinski definition) is 1. The number of nitrogens with zero attached hydrogens (tertiary/aromatic N) is 2. The van der Waals surface area contributed by atoms with Crippen molar-refractivity contribution < 1.29 is 14.3 Å². The molecular formula is C15H28ClN3O3. The standard InChI is InChI=1S/C15H27N3O3.ClH/c1-11(2)14(19)17-6-3-7-18(9-8-17)15(20)13-5-4-12(10-16)21-13;/h11-13H,3-10,16H2,1-2H3;1H/t12-,13+;/m1./s1. The number of hydrogen-bond acceptors (Lipinski definition) is 4. The molecular weight excluding hydrogens is 306 g/mol. The Bertz CT molecular complexity index is 392. The quantitative estimate of drug-likeness (QED) is 0.822. The summed E-state index contributed by atoms with van der Waals surface area (Å²) in [5, 5.41) is 0. The third-order valence-electron chi connectivity index (χ3n) is 4.26. The van der Waals surface area contributed by atoms with Crippen molar-refractivity contribution in [1.82, 2.24) is 9.80 Å². The summed E-state index contributed by atoms with van der Waals surface area (Å²) in [6.07, 6.45) is 2.12. The molecule has 128 valence electrons. The maximum Gasteiger partial charge on any atom is 0.251 e. The number of carbonyl (C=O) groups is 2. The monoisotopic (exact) mass is 333 g/mol. The minimum absolute atomic E-state index is 0. The molecule has 0 spiro atoms. The van der Waals surface area contributed by atoms with Gasteiger partial charge in [-0.25, -0.2) is 0 Å². The van der Waals surface area contributed by atoms with E-state index in [4.69, 9.17) is 10.5 Å². The molecule has 22 heavy (non-hydrogen) atoms. The number of amides is 2. The Balaban J connectivity index is 0.00000242. The first kappa shape index (κ1) is 19.2. The van der Waals surface area contributed by atoms with Crippen molar-refractivity contribution in [1.29, 1.82) is 0 Å². The predicted molar refractivity (Wildman–Crippen MR) is 86.8 cm³/mol. The van der Waals surface area contributed by atoms with Crippen molar-refractivity contribution in [2.24, 2.45) is 11.7 Å². The van der Waals surface area contributed by atoms with E-state index >= 15 is 0 Å². The summed E-state index contributed by atoms with van der Waals surface area (Å²) in [6, 6.07) is 0. The van der Waals surface area contributed by atoms with E-state index in [1.165, 1.54) is 0 Å². The van der Waals surface area contributed by atoms with Crippen LogP contribution in [0.2, 0.25) is 0 Å². The Hall–Kier alpha value is -0.850. The Labute approximate surface area is 138 Å². The van der Waals surface area contributed by atoms with Gasteiger partial charge in [0.25, 0.3) is 5.91 Å². The number of carbonyl (C=O) groups excluding carboxylic acids is 2. The van der Waals surface area contributed by atoms with Gasteiger partial charge in [0.15, 0.2) is 0 Å². The van der Waals surface area contributed by atoms with Crippen LogP contribution in [0.15, 0.2) is 0 Å². The zero-order valence-corrected chi connectivity index (χ0v) is 14.3. The van der Waals surface area contributed by atoms with Crippen LogP contribution in [0.5, 0.6) is 0 Å². The SMILES string of the molecule is CC(C)C(=O)N1CCCN(C(=O)[C@@H]2CC[C@H](CN)O2)CC1.Cl. The average molecular weight is 334 g/mol. The van der Waals surface area contributed by atoms with Crippen LogP contribution in [0.3, 0.4) is 0 Å². The van der Waals surface area contributed by atoms with Gasteiger partial charge in [-0.05, 0) is 19.3 Å². The summed E-state index contributed by atoms with van der Waals surface area (Å²) in [7, 11) is 0. The van der Waals surface area contributed by atoms with Crippen LogP contribution in [0.1, 0.15) is 33.1 Å². The second-order valence-corrected chi connectivity index (χ2v) is 6.22. The van der Waals surface area contributed by atoms with Crippen LogP contribution in [-0.4, -0.2) is 66.5 Å². The Morgan fingerprint density at radius 3 is 2.36 bits per heavy atom. The molecule has 0 aromatic heterocycles. The largest absolute Gasteiger partial charge is 0.364 e. The van der Waals surface area contributed by atoms with Crippen molar-refractivity contribution in [2.75, 3.05) is 32.7 Å². The van der Waals surface area contributed by atoms with Gasteiger partial charge in [0, 0.05) is 38.6 Å². The van der Waals surface area contributed by atoms with E-state index in [1.807, 2.05) is 23.6 Å². The first-order valence-electron chi connectivity index (χ1n) is 7.96. The van der Waals surface area contributed by atoms with Gasteiger partial charge in [-0.15, -0.1) is 12.4 Å². The molecule has 0 aromatic carbocycles. The smallest absolute Gasteiger partial charge is 0.251 e. The highest BCUT2D eigenvalue weighted by Gasteiger charge is 2.33. The molecule has 2 saturated heterocycles. The Kier molecular flexibility index (Phi) is 7.59. The summed E-state index contributed by atoms with van der Waals surface area (Å²) < 4.78 is 5.68. The molecule has 0 aliphatic carbocycles. The molecule has 2 aliphatic heterocycles. The first-order valence-corrected chi connectivity index (χ1v) is 7.96. The maximum atomic E-state index is 12.5. The lowest BCUT2D eigenvalue weighted by molar-refractivity contribution is -0.143. The summed E-state index contributed by atoms with van der Waals surface area (Å²) in [6.45, 7) is 6.96. The summed E-state index contributed by atoms with van der Waals surface area (Å²) in [5.41, 5.74) is 5.59. The zero-order chi connectivity index (χ0) is 15.4. The van der Waals surface area contributed by atoms with Gasteiger partial charge in [-0.3, -0.25) is 9.59 Å². The van der Waals surface area contributed by atoms with Gasteiger partial charge >= 0.3 is 0 Å². The minimum atomic E-state index is -0.342. The fraction of sp³-hybridized carbons (Fsp3) is 0.867. The van der Waals surface area contributed by atoms with Crippen LogP contribution >= 0.6 is 12.4 Å². The molecule has 2 aliphatic rings. The molecule has 0 aromatic rings. The van der Waals surface area contributed by atoms with Crippen LogP contribution in [-0.2, 0) is 14.3 Å². The minimum Gasteiger partial charge on any atom is -0.364 e. The summed E-state index contributed by atoms with van der Waals surface area (Å²) in [4.78, 5) is 28.2. The van der Waals surface area contributed by atoms with Crippen molar-refractivity contribution in [2.45, 2.75) is 45.3 Å². The molecule has 0 radical (unpaired) electrons. The molecule has 2 atom stereocenters. The van der Waals surface area contributed by atoms with Crippen LogP contribution in [0.4, 0.5) is 0 Å². The normalized spacial score (nSPS) is 25.8. The van der Waals surface area contributed by atoms with E-state index in [0.717, 1.165) is 25.8 Å². The molecule has 2 N–H and O–H groups in total. The molecule has 0 bridgehead atoms. The van der Waals surface area contributed by atoms with E-state index in [-0.39, 0.29) is 42.3 Å². The lowest BCUT2D eigenvalue weighted by Crippen LogP contribution is -2.42. The van der Waals surface area contributed by atoms with Gasteiger partial charge in [-0.1, -0.05) is 13.8 Å². The highest BCUT2D eigenvalue weighted by molar-refractivity contribution is 5.85. The number of rotatable bonds is 3. The molecule has 2 fully saturated rings. The summed E-state index contributed by atoms with van der Waals surface area (Å²) in [5.74, 6) is 0.241. The second kappa shape index (κ2) is 8.70. The zero-order valence-electron chi connectivity index (χ0n) is 13.5. The van der Waals surface area contributed by atoms with Crippen molar-refractivity contribution in [3.05, 3.63) is 0 Å². The highest BCUT2D eigenvalue weighted by Crippen LogP contribution is 2.21. The van der Waals surface area contributed by atoms with E-state index in [0.29, 0.717) is 26.2 Å². The van der Waals surface area contributed by atoms with Crippen molar-refractivity contribution in [3.8, 4) is 0 Å². The lowest BCUT2D eigenvalue weighted by Gasteiger charge is -2.25. The average Bonchev–Trinajstić information content (AvgIpc) is 2.82. The van der Waals surface area contributed by atoms with E-state index in [2.05, 4.69) is 0 Å². The fourth-order valence-electron chi connectivity index (χ4n) is 2.99. The fourth-order valence-corrected chi connectivity index (χ4v) is 2.99. The van der Waals surface area contributed by atoms with Gasteiger partial charge in [0.1, 0.15) is 6.10 Å². The summed E-state index contributed by atoms with van der Waals surface area (Å²) >= 11 is 0. The predicted octanol–water partition coefficient (Wildman–Crippen LogP) is 0.631. The van der Waals surface area contributed by atoms with Crippen LogP contribution in [0, 0.1) is 5.92 Å². The van der Waals surface area contributed by atoms with Crippen LogP contribution < -0.4 is 5.73 Å². The molecule has 0 unspecified atom stereocenters. The van der Waals surface area contributed by atoms with Crippen molar-refractivity contribution in [3.63, 3.8) is 0 Å². The van der Waals surface area contributed by atoms with Gasteiger partial charge in [0.05, 0.1) is 6.10 Å². The van der Waals surface area contributed by atoms with E-state index in [9.17, 15) is 9.59 Å². The lowest BCUT2D eigenvalue weighted by atomic mass is 10.2.